The van der Waals surface area contributed by atoms with Gasteiger partial charge < -0.3 is 4.90 Å². The molecule has 0 N–H and O–H groups in total. The van der Waals surface area contributed by atoms with Gasteiger partial charge in [-0.2, -0.15) is 5.26 Å². The fourth-order valence-electron chi connectivity index (χ4n) is 1.73. The van der Waals surface area contributed by atoms with Crippen LogP contribution in [-0.4, -0.2) is 21.5 Å². The topological polar surface area (TPSA) is 65.7 Å². The zero-order valence-corrected chi connectivity index (χ0v) is 11.7. The van der Waals surface area contributed by atoms with Crippen molar-refractivity contribution in [1.29, 1.82) is 5.26 Å². The van der Waals surface area contributed by atoms with Crippen LogP contribution in [0.2, 0.25) is 0 Å². The number of nitrogens with zero attached hydrogens (tertiary/aromatic N) is 5. The van der Waals surface area contributed by atoms with E-state index in [-0.39, 0.29) is 0 Å². The van der Waals surface area contributed by atoms with Gasteiger partial charge in [0.25, 0.3) is 0 Å². The molecule has 0 saturated carbocycles. The molecule has 0 radical (unpaired) electrons. The van der Waals surface area contributed by atoms with Crippen molar-refractivity contribution in [1.82, 2.24) is 15.0 Å². The van der Waals surface area contributed by atoms with E-state index < -0.39 is 0 Å². The van der Waals surface area contributed by atoms with Gasteiger partial charge in [-0.25, -0.2) is 9.97 Å². The number of pyridine rings is 1. The summed E-state index contributed by atoms with van der Waals surface area (Å²) in [5, 5.41) is 8.76. The van der Waals surface area contributed by atoms with Crippen molar-refractivity contribution in [3.8, 4) is 6.07 Å². The summed E-state index contributed by atoms with van der Waals surface area (Å²) in [5.74, 6) is 0.985. The molecule has 102 valence electrons. The number of halogens is 1. The number of alkyl halides is 1. The second-order valence-corrected chi connectivity index (χ2v) is 4.48. The lowest BCUT2D eigenvalue weighted by Crippen LogP contribution is -2.25. The largest absolute Gasteiger partial charge is 0.335 e. The highest BCUT2D eigenvalue weighted by molar-refractivity contribution is 6.17. The normalized spacial score (nSPS) is 10.0. The minimum Gasteiger partial charge on any atom is -0.335 e. The van der Waals surface area contributed by atoms with Crippen LogP contribution < -0.4 is 4.90 Å². The minimum absolute atomic E-state index is 0.390. The molecule has 2 heterocycles. The third-order valence-corrected chi connectivity index (χ3v) is 3.03. The van der Waals surface area contributed by atoms with E-state index in [1.807, 2.05) is 17.0 Å². The van der Waals surface area contributed by atoms with E-state index in [2.05, 4.69) is 21.0 Å². The van der Waals surface area contributed by atoms with Crippen LogP contribution in [0.3, 0.4) is 0 Å². The monoisotopic (exact) mass is 287 g/mol. The maximum atomic E-state index is 8.76. The van der Waals surface area contributed by atoms with Gasteiger partial charge in [-0.15, -0.1) is 11.6 Å². The molecular weight excluding hydrogens is 274 g/mol. The lowest BCUT2D eigenvalue weighted by molar-refractivity contribution is 0.760. The number of hydrogen-bond acceptors (Lipinski definition) is 5. The molecule has 5 nitrogen and oxygen atoms in total. The SMILES string of the molecule is N#CCCN(Cc1cccnc1)c1ncc(CCl)cn1. The van der Waals surface area contributed by atoms with Crippen LogP contribution >= 0.6 is 11.6 Å². The molecule has 0 amide bonds. The number of hydrogen-bond donors (Lipinski definition) is 0. The van der Waals surface area contributed by atoms with Crippen molar-refractivity contribution in [2.24, 2.45) is 0 Å². The van der Waals surface area contributed by atoms with E-state index in [0.717, 1.165) is 11.1 Å². The Morgan fingerprint density at radius 3 is 2.60 bits per heavy atom. The Kier molecular flexibility index (Phi) is 5.27. The van der Waals surface area contributed by atoms with Crippen molar-refractivity contribution >= 4 is 17.5 Å². The molecule has 6 heteroatoms. The fraction of sp³-hybridized carbons (Fsp3) is 0.286. The fourth-order valence-corrected chi connectivity index (χ4v) is 1.87. The van der Waals surface area contributed by atoms with E-state index in [1.54, 1.807) is 24.8 Å². The molecule has 2 aromatic heterocycles. The first-order valence-corrected chi connectivity index (χ1v) is 6.74. The molecule has 0 spiro atoms. The highest BCUT2D eigenvalue weighted by Crippen LogP contribution is 2.13. The van der Waals surface area contributed by atoms with Gasteiger partial charge in [0, 0.05) is 43.4 Å². The first-order chi connectivity index (χ1) is 9.83. The smallest absolute Gasteiger partial charge is 0.225 e. The van der Waals surface area contributed by atoms with Gasteiger partial charge in [0.1, 0.15) is 0 Å². The van der Waals surface area contributed by atoms with Crippen LogP contribution in [0.15, 0.2) is 36.9 Å². The minimum atomic E-state index is 0.390. The Hall–Kier alpha value is -2.19. The lowest BCUT2D eigenvalue weighted by atomic mass is 10.2. The Balaban J connectivity index is 2.15. The molecule has 0 aliphatic heterocycles. The Morgan fingerprint density at radius 2 is 2.00 bits per heavy atom. The molecule has 0 aliphatic carbocycles. The molecule has 0 unspecified atom stereocenters. The van der Waals surface area contributed by atoms with Gasteiger partial charge in [-0.05, 0) is 11.6 Å². The van der Waals surface area contributed by atoms with Gasteiger partial charge in [-0.3, -0.25) is 4.98 Å². The van der Waals surface area contributed by atoms with E-state index in [9.17, 15) is 0 Å². The molecule has 0 atom stereocenters. The predicted molar refractivity (Wildman–Crippen MR) is 77.1 cm³/mol. The predicted octanol–water partition coefficient (Wildman–Crippen LogP) is 2.53. The maximum absolute atomic E-state index is 8.76. The van der Waals surface area contributed by atoms with Crippen molar-refractivity contribution in [2.75, 3.05) is 11.4 Å². The molecule has 20 heavy (non-hydrogen) atoms. The summed E-state index contributed by atoms with van der Waals surface area (Å²) in [4.78, 5) is 14.6. The summed E-state index contributed by atoms with van der Waals surface area (Å²) in [6.07, 6.45) is 7.36. The third kappa shape index (κ3) is 3.90. The van der Waals surface area contributed by atoms with Gasteiger partial charge in [0.2, 0.25) is 5.95 Å². The van der Waals surface area contributed by atoms with Crippen LogP contribution in [0.25, 0.3) is 0 Å². The van der Waals surface area contributed by atoms with E-state index in [4.69, 9.17) is 16.9 Å². The first kappa shape index (κ1) is 14.2. The second kappa shape index (κ2) is 7.41. The van der Waals surface area contributed by atoms with Gasteiger partial charge in [0.15, 0.2) is 0 Å². The average molecular weight is 288 g/mol. The van der Waals surface area contributed by atoms with Gasteiger partial charge >= 0.3 is 0 Å². The molecule has 0 aromatic carbocycles. The van der Waals surface area contributed by atoms with Gasteiger partial charge in [-0.1, -0.05) is 6.07 Å². The van der Waals surface area contributed by atoms with Crippen LogP contribution in [-0.2, 0) is 12.4 Å². The van der Waals surface area contributed by atoms with Crippen LogP contribution in [0, 0.1) is 11.3 Å². The lowest BCUT2D eigenvalue weighted by Gasteiger charge is -2.21. The van der Waals surface area contributed by atoms with Crippen molar-refractivity contribution < 1.29 is 0 Å². The highest BCUT2D eigenvalue weighted by Gasteiger charge is 2.10. The molecule has 0 bridgehead atoms. The zero-order chi connectivity index (χ0) is 14.2. The summed E-state index contributed by atoms with van der Waals surface area (Å²) in [6.45, 7) is 1.20. The van der Waals surface area contributed by atoms with Crippen LogP contribution in [0.5, 0.6) is 0 Å². The van der Waals surface area contributed by atoms with Crippen molar-refractivity contribution in [3.05, 3.63) is 48.0 Å². The van der Waals surface area contributed by atoms with Crippen LogP contribution in [0.1, 0.15) is 17.5 Å². The Morgan fingerprint density at radius 1 is 1.20 bits per heavy atom. The highest BCUT2D eigenvalue weighted by atomic mass is 35.5. The van der Waals surface area contributed by atoms with Crippen LogP contribution in [0.4, 0.5) is 5.95 Å². The third-order valence-electron chi connectivity index (χ3n) is 2.72. The van der Waals surface area contributed by atoms with Crippen molar-refractivity contribution in [3.63, 3.8) is 0 Å². The summed E-state index contributed by atoms with van der Waals surface area (Å²) < 4.78 is 0. The average Bonchev–Trinajstić information content (AvgIpc) is 2.52. The van der Waals surface area contributed by atoms with E-state index >= 15 is 0 Å². The molecule has 0 saturated heterocycles. The maximum Gasteiger partial charge on any atom is 0.225 e. The van der Waals surface area contributed by atoms with Crippen molar-refractivity contribution in [2.45, 2.75) is 18.8 Å². The molecular formula is C14H14ClN5. The summed E-state index contributed by atoms with van der Waals surface area (Å²) >= 11 is 5.73. The summed E-state index contributed by atoms with van der Waals surface area (Å²) in [5.41, 5.74) is 1.92. The molecule has 0 fully saturated rings. The Bertz CT molecular complexity index is 564. The zero-order valence-electron chi connectivity index (χ0n) is 10.9. The number of aromatic nitrogens is 3. The standard InChI is InChI=1S/C14H14ClN5/c15-7-13-9-18-14(19-10-13)20(6-2-4-16)11-12-3-1-5-17-8-12/h1,3,5,8-10H,2,6-7,11H2. The quantitative estimate of drug-likeness (QED) is 0.764. The summed E-state index contributed by atoms with van der Waals surface area (Å²) in [7, 11) is 0. The second-order valence-electron chi connectivity index (χ2n) is 4.22. The van der Waals surface area contributed by atoms with Gasteiger partial charge in [0.05, 0.1) is 18.4 Å². The van der Waals surface area contributed by atoms with E-state index in [1.165, 1.54) is 0 Å². The number of nitriles is 1. The first-order valence-electron chi connectivity index (χ1n) is 6.21. The number of rotatable bonds is 6. The Labute approximate surface area is 122 Å². The summed E-state index contributed by atoms with van der Waals surface area (Å²) in [6, 6.07) is 6.01. The number of anilines is 1. The molecule has 2 aromatic rings. The molecule has 0 aliphatic rings. The molecule has 2 rings (SSSR count). The van der Waals surface area contributed by atoms with E-state index in [0.29, 0.717) is 31.3 Å².